The zero-order chi connectivity index (χ0) is 26.3. The molecule has 0 bridgehead atoms. The Kier molecular flexibility index (Phi) is 7.47. The Labute approximate surface area is 221 Å². The number of anilines is 1. The van der Waals surface area contributed by atoms with Gasteiger partial charge in [-0.1, -0.05) is 84.6 Å². The topological polar surface area (TPSA) is 114 Å². The number of rotatable bonds is 9. The van der Waals surface area contributed by atoms with E-state index in [9.17, 15) is 14.4 Å². The summed E-state index contributed by atoms with van der Waals surface area (Å²) in [5.41, 5.74) is 2.38. The first-order valence-corrected chi connectivity index (χ1v) is 12.4. The number of halogens is 1. The SMILES string of the molecule is N#Cc1c(NC(=O)CSc2nnc(COc3ccccc3F)o2)oc(-c2ccccc2)c1-c1ccccc1. The molecule has 0 aliphatic heterocycles. The summed E-state index contributed by atoms with van der Waals surface area (Å²) in [6, 6.07) is 26.9. The highest BCUT2D eigenvalue weighted by molar-refractivity contribution is 7.99. The minimum atomic E-state index is -0.501. The zero-order valence-electron chi connectivity index (χ0n) is 19.8. The molecule has 3 aromatic carbocycles. The summed E-state index contributed by atoms with van der Waals surface area (Å²) in [6.45, 7) is -0.122. The molecule has 5 aromatic rings. The molecule has 38 heavy (non-hydrogen) atoms. The molecule has 0 aliphatic carbocycles. The van der Waals surface area contributed by atoms with E-state index in [-0.39, 0.29) is 40.7 Å². The average molecular weight is 527 g/mol. The molecule has 0 fully saturated rings. The zero-order valence-corrected chi connectivity index (χ0v) is 20.6. The number of para-hydroxylation sites is 1. The van der Waals surface area contributed by atoms with Crippen LogP contribution in [-0.4, -0.2) is 21.9 Å². The van der Waals surface area contributed by atoms with Gasteiger partial charge in [0.15, 0.2) is 18.2 Å². The maximum Gasteiger partial charge on any atom is 0.277 e. The molecule has 1 amide bonds. The van der Waals surface area contributed by atoms with Crippen molar-refractivity contribution in [1.29, 1.82) is 5.26 Å². The molecule has 0 unspecified atom stereocenters. The van der Waals surface area contributed by atoms with Crippen LogP contribution in [0, 0.1) is 17.1 Å². The highest BCUT2D eigenvalue weighted by Crippen LogP contribution is 2.41. The summed E-state index contributed by atoms with van der Waals surface area (Å²) in [5.74, 6) is -0.277. The first-order valence-electron chi connectivity index (χ1n) is 11.4. The fraction of sp³-hybridized carbons (Fsp3) is 0.0714. The van der Waals surface area contributed by atoms with Gasteiger partial charge in [-0.05, 0) is 17.7 Å². The third-order valence-corrected chi connectivity index (χ3v) is 6.15. The minimum Gasteiger partial charge on any atom is -0.481 e. The van der Waals surface area contributed by atoms with Gasteiger partial charge in [0.05, 0.1) is 5.75 Å². The summed E-state index contributed by atoms with van der Waals surface area (Å²) in [5, 5.41) is 20.5. The Hall–Kier alpha value is -4.88. The average Bonchev–Trinajstić information content (AvgIpc) is 3.56. The molecule has 0 saturated carbocycles. The van der Waals surface area contributed by atoms with Crippen LogP contribution in [0.25, 0.3) is 22.5 Å². The van der Waals surface area contributed by atoms with Gasteiger partial charge in [-0.15, -0.1) is 10.2 Å². The highest BCUT2D eigenvalue weighted by Gasteiger charge is 2.24. The quantitative estimate of drug-likeness (QED) is 0.222. The van der Waals surface area contributed by atoms with Crippen molar-refractivity contribution < 1.29 is 22.8 Å². The first kappa shape index (κ1) is 24.8. The third-order valence-electron chi connectivity index (χ3n) is 5.33. The number of nitrogens with one attached hydrogen (secondary N) is 1. The van der Waals surface area contributed by atoms with Crippen molar-refractivity contribution in [3.8, 4) is 34.3 Å². The van der Waals surface area contributed by atoms with Crippen molar-refractivity contribution in [1.82, 2.24) is 10.2 Å². The minimum absolute atomic E-state index is 0.0558. The molecule has 1 N–H and O–H groups in total. The molecule has 0 spiro atoms. The molecule has 0 saturated heterocycles. The second kappa shape index (κ2) is 11.5. The third kappa shape index (κ3) is 5.58. The number of ether oxygens (including phenoxy) is 1. The number of hydrogen-bond acceptors (Lipinski definition) is 8. The molecule has 2 heterocycles. The number of aromatic nitrogens is 2. The molecule has 0 atom stereocenters. The fourth-order valence-electron chi connectivity index (χ4n) is 3.65. The number of thioether (sulfide) groups is 1. The first-order chi connectivity index (χ1) is 18.6. The van der Waals surface area contributed by atoms with E-state index in [2.05, 4.69) is 21.6 Å². The van der Waals surface area contributed by atoms with Gasteiger partial charge < -0.3 is 13.6 Å². The number of furan rings is 1. The summed E-state index contributed by atoms with van der Waals surface area (Å²) in [7, 11) is 0. The van der Waals surface area contributed by atoms with Crippen LogP contribution in [0.4, 0.5) is 10.3 Å². The van der Waals surface area contributed by atoms with Gasteiger partial charge in [0, 0.05) is 11.1 Å². The van der Waals surface area contributed by atoms with Crippen LogP contribution in [0.15, 0.2) is 99.0 Å². The van der Waals surface area contributed by atoms with Crippen LogP contribution < -0.4 is 10.1 Å². The lowest BCUT2D eigenvalue weighted by molar-refractivity contribution is -0.113. The monoisotopic (exact) mass is 526 g/mol. The van der Waals surface area contributed by atoms with Gasteiger partial charge in [0.25, 0.3) is 11.1 Å². The van der Waals surface area contributed by atoms with Gasteiger partial charge >= 0.3 is 0 Å². The lowest BCUT2D eigenvalue weighted by Crippen LogP contribution is -2.14. The molecule has 8 nitrogen and oxygen atoms in total. The van der Waals surface area contributed by atoms with E-state index < -0.39 is 11.7 Å². The van der Waals surface area contributed by atoms with Crippen LogP contribution in [0.2, 0.25) is 0 Å². The lowest BCUT2D eigenvalue weighted by atomic mass is 9.98. The summed E-state index contributed by atoms with van der Waals surface area (Å²) >= 11 is 1.00. The second-order valence-electron chi connectivity index (χ2n) is 7.87. The summed E-state index contributed by atoms with van der Waals surface area (Å²) in [6.07, 6.45) is 0. The van der Waals surface area contributed by atoms with E-state index in [1.807, 2.05) is 60.7 Å². The molecule has 0 radical (unpaired) electrons. The Bertz CT molecular complexity index is 1600. The van der Waals surface area contributed by atoms with Crippen LogP contribution in [0.1, 0.15) is 11.5 Å². The number of hydrogen-bond donors (Lipinski definition) is 1. The van der Waals surface area contributed by atoms with Crippen molar-refractivity contribution in [2.45, 2.75) is 11.8 Å². The highest BCUT2D eigenvalue weighted by atomic mass is 32.2. The predicted molar refractivity (Wildman–Crippen MR) is 139 cm³/mol. The van der Waals surface area contributed by atoms with E-state index >= 15 is 0 Å². The van der Waals surface area contributed by atoms with Gasteiger partial charge in [0.1, 0.15) is 17.4 Å². The van der Waals surface area contributed by atoms with Gasteiger partial charge in [-0.2, -0.15) is 5.26 Å². The van der Waals surface area contributed by atoms with Crippen molar-refractivity contribution >= 4 is 23.6 Å². The number of nitrogens with zero attached hydrogens (tertiary/aromatic N) is 3. The fourth-order valence-corrected chi connectivity index (χ4v) is 4.23. The Balaban J connectivity index is 1.28. The molecule has 10 heteroatoms. The summed E-state index contributed by atoms with van der Waals surface area (Å²) < 4.78 is 30.5. The van der Waals surface area contributed by atoms with E-state index in [0.29, 0.717) is 11.3 Å². The Morgan fingerprint density at radius 3 is 2.34 bits per heavy atom. The standard InChI is InChI=1S/C28H19FN4O4S/c29-21-13-7-8-14-22(21)35-16-24-32-33-28(36-24)38-17-23(34)31-27-20(15-30)25(18-9-3-1-4-10-18)26(37-27)19-11-5-2-6-12-19/h1-14H,16-17H2,(H,31,34). The van der Waals surface area contributed by atoms with Gasteiger partial charge in [0.2, 0.25) is 11.8 Å². The van der Waals surface area contributed by atoms with Crippen LogP contribution in [0.5, 0.6) is 5.75 Å². The molecule has 188 valence electrons. The van der Waals surface area contributed by atoms with Crippen molar-refractivity contribution in [2.75, 3.05) is 11.1 Å². The summed E-state index contributed by atoms with van der Waals surface area (Å²) in [4.78, 5) is 12.7. The van der Waals surface area contributed by atoms with Crippen molar-refractivity contribution in [3.05, 3.63) is 102 Å². The van der Waals surface area contributed by atoms with Crippen LogP contribution in [-0.2, 0) is 11.4 Å². The molecule has 2 aromatic heterocycles. The largest absolute Gasteiger partial charge is 0.481 e. The number of benzene rings is 3. The van der Waals surface area contributed by atoms with Crippen LogP contribution in [0.3, 0.4) is 0 Å². The number of amides is 1. The van der Waals surface area contributed by atoms with E-state index in [4.69, 9.17) is 13.6 Å². The van der Waals surface area contributed by atoms with Crippen molar-refractivity contribution in [2.24, 2.45) is 0 Å². The second-order valence-corrected chi connectivity index (χ2v) is 8.80. The lowest BCUT2D eigenvalue weighted by Gasteiger charge is -2.03. The predicted octanol–water partition coefficient (Wildman–Crippen LogP) is 6.32. The number of carbonyl (C=O) groups is 1. The smallest absolute Gasteiger partial charge is 0.277 e. The molecule has 0 aliphatic rings. The van der Waals surface area contributed by atoms with E-state index in [1.54, 1.807) is 12.1 Å². The van der Waals surface area contributed by atoms with E-state index in [1.165, 1.54) is 12.1 Å². The maximum absolute atomic E-state index is 13.7. The molecular weight excluding hydrogens is 507 g/mol. The maximum atomic E-state index is 13.7. The van der Waals surface area contributed by atoms with Crippen molar-refractivity contribution in [3.63, 3.8) is 0 Å². The normalized spacial score (nSPS) is 10.6. The molecular formula is C28H19FN4O4S. The van der Waals surface area contributed by atoms with Gasteiger partial charge in [-0.25, -0.2) is 4.39 Å². The Morgan fingerprint density at radius 2 is 1.63 bits per heavy atom. The van der Waals surface area contributed by atoms with Crippen LogP contribution >= 0.6 is 11.8 Å². The van der Waals surface area contributed by atoms with E-state index in [0.717, 1.165) is 22.9 Å². The Morgan fingerprint density at radius 1 is 0.947 bits per heavy atom. The number of nitriles is 1. The molecule has 5 rings (SSSR count). The number of carbonyl (C=O) groups excluding carboxylic acids is 1. The van der Waals surface area contributed by atoms with Gasteiger partial charge in [-0.3, -0.25) is 10.1 Å².